The average Bonchev–Trinajstić information content (AvgIpc) is 2.20. The van der Waals surface area contributed by atoms with Crippen molar-refractivity contribution in [2.45, 2.75) is 6.42 Å². The van der Waals surface area contributed by atoms with Crippen molar-refractivity contribution in [2.24, 2.45) is 0 Å². The Morgan fingerprint density at radius 1 is 1.36 bits per heavy atom. The summed E-state index contributed by atoms with van der Waals surface area (Å²) in [6, 6.07) is 5.27. The van der Waals surface area contributed by atoms with Crippen LogP contribution in [-0.2, 0) is 0 Å². The lowest BCUT2D eigenvalue weighted by molar-refractivity contribution is 0.112. The summed E-state index contributed by atoms with van der Waals surface area (Å²) in [7, 11) is 0. The molecule has 0 radical (unpaired) electrons. The average molecular weight is 227 g/mol. The number of halogens is 1. The number of carbonyl (C=O) groups is 1. The van der Waals surface area contributed by atoms with Crippen molar-refractivity contribution >= 4 is 36.6 Å². The van der Waals surface area contributed by atoms with E-state index in [1.165, 1.54) is 0 Å². The summed E-state index contributed by atoms with van der Waals surface area (Å²) in [5.41, 5.74) is 1.51. The van der Waals surface area contributed by atoms with Crippen molar-refractivity contribution in [1.29, 1.82) is 0 Å². The summed E-state index contributed by atoms with van der Waals surface area (Å²) >= 11 is 9.85. The molecule has 0 N–H and O–H groups in total. The lowest BCUT2D eigenvalue weighted by Gasteiger charge is -1.98. The minimum atomic E-state index is 0.582. The van der Waals surface area contributed by atoms with Crippen molar-refractivity contribution in [3.8, 4) is 0 Å². The number of thiol groups is 1. The van der Waals surface area contributed by atoms with Crippen LogP contribution in [0, 0.1) is 0 Å². The smallest absolute Gasteiger partial charge is 0.150 e. The van der Waals surface area contributed by atoms with E-state index in [1.807, 2.05) is 18.2 Å². The molecule has 0 aliphatic carbocycles. The quantitative estimate of drug-likeness (QED) is 0.615. The first-order valence-corrected chi connectivity index (χ1v) is 5.31. The predicted octanol–water partition coefficient (Wildman–Crippen LogP) is 3.49. The maximum absolute atomic E-state index is 10.7. The topological polar surface area (TPSA) is 17.1 Å². The fourth-order valence-electron chi connectivity index (χ4n) is 1.08. The highest BCUT2D eigenvalue weighted by atomic mass is 35.5. The van der Waals surface area contributed by atoms with Crippen LogP contribution in [0.3, 0.4) is 0 Å². The van der Waals surface area contributed by atoms with Gasteiger partial charge >= 0.3 is 0 Å². The van der Waals surface area contributed by atoms with Gasteiger partial charge in [-0.05, 0) is 29.9 Å². The van der Waals surface area contributed by atoms with Crippen molar-refractivity contribution in [1.82, 2.24) is 0 Å². The van der Waals surface area contributed by atoms with Crippen LogP contribution in [0.1, 0.15) is 22.3 Å². The SMILES string of the molecule is O=Cc1cc(Cl)ccc1C=CCCS. The molecule has 3 heteroatoms. The van der Waals surface area contributed by atoms with Gasteiger partial charge in [-0.1, -0.05) is 29.8 Å². The Morgan fingerprint density at radius 3 is 2.79 bits per heavy atom. The van der Waals surface area contributed by atoms with Gasteiger partial charge in [0.1, 0.15) is 0 Å². The van der Waals surface area contributed by atoms with E-state index in [0.717, 1.165) is 24.0 Å². The molecular formula is C11H11ClOS. The summed E-state index contributed by atoms with van der Waals surface area (Å²) in [5.74, 6) is 0.806. The van der Waals surface area contributed by atoms with Crippen LogP contribution in [0.4, 0.5) is 0 Å². The van der Waals surface area contributed by atoms with Crippen molar-refractivity contribution in [3.05, 3.63) is 40.4 Å². The molecule has 0 aliphatic rings. The molecule has 0 aromatic heterocycles. The molecule has 14 heavy (non-hydrogen) atoms. The van der Waals surface area contributed by atoms with Crippen LogP contribution in [0.2, 0.25) is 5.02 Å². The first-order valence-electron chi connectivity index (χ1n) is 4.30. The summed E-state index contributed by atoms with van der Waals surface area (Å²) in [6.45, 7) is 0. The Hall–Kier alpha value is -0.730. The van der Waals surface area contributed by atoms with Crippen LogP contribution < -0.4 is 0 Å². The largest absolute Gasteiger partial charge is 0.298 e. The highest BCUT2D eigenvalue weighted by Gasteiger charge is 1.98. The summed E-state index contributed by atoms with van der Waals surface area (Å²) in [5, 5.41) is 0.582. The van der Waals surface area contributed by atoms with Crippen molar-refractivity contribution in [2.75, 3.05) is 5.75 Å². The van der Waals surface area contributed by atoms with Gasteiger partial charge < -0.3 is 0 Å². The van der Waals surface area contributed by atoms with Gasteiger partial charge in [0.15, 0.2) is 6.29 Å². The minimum absolute atomic E-state index is 0.582. The number of carbonyl (C=O) groups excluding carboxylic acids is 1. The third kappa shape index (κ3) is 3.20. The van der Waals surface area contributed by atoms with Gasteiger partial charge in [-0.3, -0.25) is 4.79 Å². The highest BCUT2D eigenvalue weighted by Crippen LogP contribution is 2.16. The number of benzene rings is 1. The fourth-order valence-corrected chi connectivity index (χ4v) is 1.41. The Bertz CT molecular complexity index is 347. The van der Waals surface area contributed by atoms with Gasteiger partial charge in [0.2, 0.25) is 0 Å². The lowest BCUT2D eigenvalue weighted by atomic mass is 10.1. The van der Waals surface area contributed by atoms with Crippen LogP contribution >= 0.6 is 24.2 Å². The zero-order chi connectivity index (χ0) is 10.4. The first-order chi connectivity index (χ1) is 6.77. The Kier molecular flexibility index (Phi) is 4.77. The second-order valence-corrected chi connectivity index (χ2v) is 3.69. The third-order valence-corrected chi connectivity index (χ3v) is 2.26. The maximum Gasteiger partial charge on any atom is 0.150 e. The van der Waals surface area contributed by atoms with E-state index < -0.39 is 0 Å². The molecule has 1 aromatic rings. The van der Waals surface area contributed by atoms with Crippen molar-refractivity contribution < 1.29 is 4.79 Å². The molecule has 0 unspecified atom stereocenters. The van der Waals surface area contributed by atoms with E-state index in [2.05, 4.69) is 12.6 Å². The van der Waals surface area contributed by atoms with Gasteiger partial charge in [0.05, 0.1) is 0 Å². The molecule has 0 heterocycles. The predicted molar refractivity (Wildman–Crippen MR) is 64.3 cm³/mol. The molecule has 0 bridgehead atoms. The summed E-state index contributed by atoms with van der Waals surface area (Å²) in [6.07, 6.45) is 5.61. The van der Waals surface area contributed by atoms with E-state index in [0.29, 0.717) is 10.6 Å². The molecule has 0 saturated carbocycles. The van der Waals surface area contributed by atoms with E-state index in [1.54, 1.807) is 12.1 Å². The zero-order valence-electron chi connectivity index (χ0n) is 7.61. The second kappa shape index (κ2) is 5.89. The number of rotatable bonds is 4. The molecule has 1 nitrogen and oxygen atoms in total. The molecule has 1 rings (SSSR count). The fraction of sp³-hybridized carbons (Fsp3) is 0.182. The first kappa shape index (κ1) is 11.3. The number of hydrogen-bond acceptors (Lipinski definition) is 2. The van der Waals surface area contributed by atoms with E-state index in [4.69, 9.17) is 11.6 Å². The second-order valence-electron chi connectivity index (χ2n) is 2.81. The summed E-state index contributed by atoms with van der Waals surface area (Å²) in [4.78, 5) is 10.7. The Balaban J connectivity index is 2.90. The zero-order valence-corrected chi connectivity index (χ0v) is 9.26. The molecular weight excluding hydrogens is 216 g/mol. The van der Waals surface area contributed by atoms with Gasteiger partial charge in [-0.25, -0.2) is 0 Å². The monoisotopic (exact) mass is 226 g/mol. The molecule has 0 atom stereocenters. The van der Waals surface area contributed by atoms with Crippen LogP contribution in [0.25, 0.3) is 6.08 Å². The van der Waals surface area contributed by atoms with Gasteiger partial charge in [0.25, 0.3) is 0 Å². The minimum Gasteiger partial charge on any atom is -0.298 e. The van der Waals surface area contributed by atoms with Crippen LogP contribution in [-0.4, -0.2) is 12.0 Å². The molecule has 0 fully saturated rings. The standard InChI is InChI=1S/C11H11ClOS/c12-11-5-4-9(3-1-2-6-14)10(7-11)8-13/h1,3-5,7-8,14H,2,6H2. The molecule has 0 saturated heterocycles. The van der Waals surface area contributed by atoms with E-state index in [9.17, 15) is 4.79 Å². The molecule has 0 spiro atoms. The normalized spacial score (nSPS) is 10.7. The highest BCUT2D eigenvalue weighted by molar-refractivity contribution is 7.80. The van der Waals surface area contributed by atoms with E-state index in [-0.39, 0.29) is 0 Å². The van der Waals surface area contributed by atoms with Gasteiger partial charge in [-0.2, -0.15) is 12.6 Å². The number of aldehydes is 1. The van der Waals surface area contributed by atoms with Gasteiger partial charge in [-0.15, -0.1) is 0 Å². The van der Waals surface area contributed by atoms with Gasteiger partial charge in [0, 0.05) is 10.6 Å². The third-order valence-electron chi connectivity index (χ3n) is 1.77. The maximum atomic E-state index is 10.7. The Labute approximate surface area is 94.2 Å². The molecule has 1 aromatic carbocycles. The van der Waals surface area contributed by atoms with E-state index >= 15 is 0 Å². The van der Waals surface area contributed by atoms with Crippen molar-refractivity contribution in [3.63, 3.8) is 0 Å². The number of allylic oxidation sites excluding steroid dienone is 1. The lowest BCUT2D eigenvalue weighted by Crippen LogP contribution is -1.85. The molecule has 74 valence electrons. The van der Waals surface area contributed by atoms with Crippen LogP contribution in [0.5, 0.6) is 0 Å². The number of hydrogen-bond donors (Lipinski definition) is 1. The molecule has 0 amide bonds. The Morgan fingerprint density at radius 2 is 2.14 bits per heavy atom. The summed E-state index contributed by atoms with van der Waals surface area (Å²) < 4.78 is 0. The van der Waals surface area contributed by atoms with Crippen LogP contribution in [0.15, 0.2) is 24.3 Å². The molecule has 0 aliphatic heterocycles.